The second kappa shape index (κ2) is 9.87. The minimum Gasteiger partial charge on any atom is -0.496 e. The highest BCUT2D eigenvalue weighted by Gasteiger charge is 2.00. The summed E-state index contributed by atoms with van der Waals surface area (Å²) in [6, 6.07) is 6.08. The second-order valence-electron chi connectivity index (χ2n) is 3.76. The lowest BCUT2D eigenvalue weighted by Gasteiger charge is -2.06. The van der Waals surface area contributed by atoms with Crippen molar-refractivity contribution in [1.82, 2.24) is 0 Å². The summed E-state index contributed by atoms with van der Waals surface area (Å²) in [5.41, 5.74) is 1.13. The molecule has 0 spiro atoms. The summed E-state index contributed by atoms with van der Waals surface area (Å²) in [4.78, 5) is 11.2. The maximum absolute atomic E-state index is 10.0. The SMILES string of the molecule is COc1ccc(C=CC=CC=CC=CC=O)cc1SC. The highest BCUT2D eigenvalue weighted by molar-refractivity contribution is 7.98. The number of aldehydes is 1. The maximum Gasteiger partial charge on any atom is 0.142 e. The summed E-state index contributed by atoms with van der Waals surface area (Å²) in [7, 11) is 1.68. The molecule has 0 fully saturated rings. The number of carbonyl (C=O) groups is 1. The minimum atomic E-state index is 0.751. The Labute approximate surface area is 124 Å². The van der Waals surface area contributed by atoms with Crippen molar-refractivity contribution in [2.75, 3.05) is 13.4 Å². The van der Waals surface area contributed by atoms with E-state index in [0.717, 1.165) is 22.5 Å². The molecule has 1 aromatic rings. The van der Waals surface area contributed by atoms with E-state index >= 15 is 0 Å². The van der Waals surface area contributed by atoms with Crippen molar-refractivity contribution >= 4 is 24.1 Å². The lowest BCUT2D eigenvalue weighted by Crippen LogP contribution is -1.86. The Hall–Kier alpha value is -2.00. The number of allylic oxidation sites excluding steroid dienone is 7. The maximum atomic E-state index is 10.0. The Kier molecular flexibility index (Phi) is 7.92. The Morgan fingerprint density at radius 2 is 1.65 bits per heavy atom. The zero-order valence-corrected chi connectivity index (χ0v) is 12.5. The molecule has 0 atom stereocenters. The Morgan fingerprint density at radius 3 is 2.25 bits per heavy atom. The van der Waals surface area contributed by atoms with Gasteiger partial charge in [-0.25, -0.2) is 0 Å². The van der Waals surface area contributed by atoms with Crippen LogP contribution >= 0.6 is 11.8 Å². The Balaban J connectivity index is 2.62. The fourth-order valence-corrected chi connectivity index (χ4v) is 2.10. The molecule has 0 aliphatic carbocycles. The average Bonchev–Trinajstić information content (AvgIpc) is 2.49. The Bertz CT molecular complexity index is 540. The van der Waals surface area contributed by atoms with Crippen molar-refractivity contribution in [3.05, 3.63) is 66.3 Å². The van der Waals surface area contributed by atoms with Gasteiger partial charge in [-0.3, -0.25) is 4.79 Å². The number of methoxy groups -OCH3 is 1. The van der Waals surface area contributed by atoms with E-state index in [2.05, 4.69) is 6.07 Å². The number of rotatable bonds is 7. The number of hydrogen-bond acceptors (Lipinski definition) is 3. The van der Waals surface area contributed by atoms with Gasteiger partial charge in [0.2, 0.25) is 0 Å². The summed E-state index contributed by atoms with van der Waals surface area (Å²) in [5.74, 6) is 0.898. The van der Waals surface area contributed by atoms with Crippen LogP contribution in [0, 0.1) is 0 Å². The largest absolute Gasteiger partial charge is 0.496 e. The summed E-state index contributed by atoms with van der Waals surface area (Å²) < 4.78 is 5.28. The molecule has 0 saturated carbocycles. The van der Waals surface area contributed by atoms with E-state index < -0.39 is 0 Å². The average molecular weight is 286 g/mol. The van der Waals surface area contributed by atoms with Crippen LogP contribution in [-0.4, -0.2) is 19.7 Å². The van der Waals surface area contributed by atoms with Gasteiger partial charge in [0.1, 0.15) is 12.0 Å². The first-order chi connectivity index (χ1) is 9.81. The minimum absolute atomic E-state index is 0.751. The van der Waals surface area contributed by atoms with Gasteiger partial charge in [0.25, 0.3) is 0 Å². The third-order valence-corrected chi connectivity index (χ3v) is 3.20. The first-order valence-electron chi connectivity index (χ1n) is 6.15. The van der Waals surface area contributed by atoms with Crippen LogP contribution in [0.25, 0.3) is 6.08 Å². The lowest BCUT2D eigenvalue weighted by molar-refractivity contribution is -0.104. The third kappa shape index (κ3) is 5.76. The molecule has 0 aliphatic rings. The van der Waals surface area contributed by atoms with E-state index in [9.17, 15) is 4.79 Å². The van der Waals surface area contributed by atoms with Gasteiger partial charge >= 0.3 is 0 Å². The number of hydrogen-bond donors (Lipinski definition) is 0. The number of carbonyl (C=O) groups excluding carboxylic acids is 1. The van der Waals surface area contributed by atoms with E-state index in [-0.39, 0.29) is 0 Å². The monoisotopic (exact) mass is 286 g/mol. The smallest absolute Gasteiger partial charge is 0.142 e. The normalized spacial score (nSPS) is 12.1. The number of ether oxygens (including phenoxy) is 1. The Morgan fingerprint density at radius 1 is 1.00 bits per heavy atom. The lowest BCUT2D eigenvalue weighted by atomic mass is 10.2. The van der Waals surface area contributed by atoms with Crippen molar-refractivity contribution in [3.63, 3.8) is 0 Å². The molecule has 3 heteroatoms. The van der Waals surface area contributed by atoms with Crippen LogP contribution in [0.5, 0.6) is 5.75 Å². The van der Waals surface area contributed by atoms with Crippen molar-refractivity contribution in [3.8, 4) is 5.75 Å². The van der Waals surface area contributed by atoms with Gasteiger partial charge in [0.15, 0.2) is 0 Å². The van der Waals surface area contributed by atoms with Gasteiger partial charge in [-0.05, 0) is 30.0 Å². The molecule has 0 bridgehead atoms. The molecule has 104 valence electrons. The summed E-state index contributed by atoms with van der Waals surface area (Å²) in [6.07, 6.45) is 17.4. The zero-order valence-electron chi connectivity index (χ0n) is 11.7. The van der Waals surface area contributed by atoms with E-state index in [1.54, 1.807) is 31.0 Å². The van der Waals surface area contributed by atoms with Crippen LogP contribution < -0.4 is 4.74 Å². The van der Waals surface area contributed by atoms with E-state index in [1.165, 1.54) is 6.08 Å². The van der Waals surface area contributed by atoms with Gasteiger partial charge < -0.3 is 4.74 Å². The molecule has 0 radical (unpaired) electrons. The molecule has 1 aromatic carbocycles. The van der Waals surface area contributed by atoms with Crippen LogP contribution in [0.15, 0.2) is 65.6 Å². The molecule has 20 heavy (non-hydrogen) atoms. The van der Waals surface area contributed by atoms with Gasteiger partial charge in [-0.15, -0.1) is 11.8 Å². The van der Waals surface area contributed by atoms with Crippen LogP contribution in [0.1, 0.15) is 5.56 Å². The van der Waals surface area contributed by atoms with Crippen LogP contribution in [-0.2, 0) is 4.79 Å². The molecule has 0 N–H and O–H groups in total. The van der Waals surface area contributed by atoms with Gasteiger partial charge in [-0.2, -0.15) is 0 Å². The zero-order chi connectivity index (χ0) is 14.6. The van der Waals surface area contributed by atoms with E-state index in [0.29, 0.717) is 0 Å². The summed E-state index contributed by atoms with van der Waals surface area (Å²) >= 11 is 1.66. The topological polar surface area (TPSA) is 26.3 Å². The van der Waals surface area contributed by atoms with Crippen molar-refractivity contribution in [2.24, 2.45) is 0 Å². The predicted molar refractivity (Wildman–Crippen MR) is 87.3 cm³/mol. The number of thioether (sulfide) groups is 1. The molecule has 2 nitrogen and oxygen atoms in total. The molecule has 0 unspecified atom stereocenters. The molecule has 1 rings (SSSR count). The quantitative estimate of drug-likeness (QED) is 0.323. The van der Waals surface area contributed by atoms with Crippen molar-refractivity contribution in [2.45, 2.75) is 4.90 Å². The predicted octanol–water partition coefficient (Wildman–Crippen LogP) is 4.30. The second-order valence-corrected chi connectivity index (χ2v) is 4.61. The van der Waals surface area contributed by atoms with Crippen LogP contribution in [0.2, 0.25) is 0 Å². The highest BCUT2D eigenvalue weighted by atomic mass is 32.2. The highest BCUT2D eigenvalue weighted by Crippen LogP contribution is 2.28. The molecule has 0 aromatic heterocycles. The van der Waals surface area contributed by atoms with Crippen LogP contribution in [0.4, 0.5) is 0 Å². The molecule has 0 heterocycles. The molecule has 0 aliphatic heterocycles. The third-order valence-electron chi connectivity index (χ3n) is 2.44. The summed E-state index contributed by atoms with van der Waals surface area (Å²) in [6.45, 7) is 0. The summed E-state index contributed by atoms with van der Waals surface area (Å²) in [5, 5.41) is 0. The van der Waals surface area contributed by atoms with Crippen molar-refractivity contribution < 1.29 is 9.53 Å². The first kappa shape index (κ1) is 16.1. The van der Waals surface area contributed by atoms with Crippen molar-refractivity contribution in [1.29, 1.82) is 0 Å². The van der Waals surface area contributed by atoms with Crippen LogP contribution in [0.3, 0.4) is 0 Å². The van der Waals surface area contributed by atoms with E-state index in [1.807, 2.05) is 48.8 Å². The van der Waals surface area contributed by atoms with E-state index in [4.69, 9.17) is 4.74 Å². The first-order valence-corrected chi connectivity index (χ1v) is 7.38. The standard InChI is InChI=1S/C17H18O2S/c1-19-16-12-11-15(14-17(16)20-2)10-8-6-4-3-5-7-9-13-18/h3-14H,1-2H3. The van der Waals surface area contributed by atoms with Gasteiger partial charge in [0, 0.05) is 4.90 Å². The molecular weight excluding hydrogens is 268 g/mol. The molecular formula is C17H18O2S. The van der Waals surface area contributed by atoms with Gasteiger partial charge in [0.05, 0.1) is 7.11 Å². The molecule has 0 saturated heterocycles. The number of benzene rings is 1. The fourth-order valence-electron chi connectivity index (χ4n) is 1.49. The van der Waals surface area contributed by atoms with Gasteiger partial charge in [-0.1, -0.05) is 48.6 Å². The molecule has 0 amide bonds. The fraction of sp³-hybridized carbons (Fsp3) is 0.118.